The zero-order valence-electron chi connectivity index (χ0n) is 11.8. The Morgan fingerprint density at radius 2 is 1.89 bits per heavy atom. The molecule has 3 nitrogen and oxygen atoms in total. The number of aryl methyl sites for hydroxylation is 2. The molecule has 0 amide bonds. The van der Waals surface area contributed by atoms with Gasteiger partial charge in [-0.05, 0) is 37.4 Å². The average Bonchev–Trinajstić information content (AvgIpc) is 2.88. The van der Waals surface area contributed by atoms with Crippen molar-refractivity contribution in [2.45, 2.75) is 39.2 Å². The fourth-order valence-electron chi connectivity index (χ4n) is 2.46. The third-order valence-corrected chi connectivity index (χ3v) is 3.51. The lowest BCUT2D eigenvalue weighted by molar-refractivity contribution is 0.475. The van der Waals surface area contributed by atoms with Gasteiger partial charge in [0.25, 0.3) is 0 Å². The first-order valence-corrected chi connectivity index (χ1v) is 7.12. The van der Waals surface area contributed by atoms with E-state index in [9.17, 15) is 0 Å². The maximum absolute atomic E-state index is 5.79. The van der Waals surface area contributed by atoms with E-state index in [4.69, 9.17) is 10.8 Å². The first kappa shape index (κ1) is 13.8. The fraction of sp³-hybridized carbons (Fsp3) is 0.438. The smallest absolute Gasteiger partial charge is 0.0783 e. The van der Waals surface area contributed by atoms with Crippen LogP contribution >= 0.6 is 0 Å². The van der Waals surface area contributed by atoms with Crippen molar-refractivity contribution in [3.05, 3.63) is 53.3 Å². The molecule has 19 heavy (non-hydrogen) atoms. The summed E-state index contributed by atoms with van der Waals surface area (Å²) in [6.07, 6.45) is 2.90. The molecule has 1 aromatic heterocycles. The van der Waals surface area contributed by atoms with Crippen molar-refractivity contribution in [2.24, 2.45) is 5.73 Å². The second-order valence-corrected chi connectivity index (χ2v) is 4.78. The molecule has 0 aliphatic rings. The summed E-state index contributed by atoms with van der Waals surface area (Å²) in [5.74, 6) is 0. The Balaban J connectivity index is 2.41. The molecule has 0 radical (unpaired) electrons. The third-order valence-electron chi connectivity index (χ3n) is 3.51. The molecule has 0 spiro atoms. The minimum Gasteiger partial charge on any atom is -0.330 e. The van der Waals surface area contributed by atoms with E-state index in [-0.39, 0.29) is 6.04 Å². The van der Waals surface area contributed by atoms with E-state index in [1.54, 1.807) is 0 Å². The van der Waals surface area contributed by atoms with Gasteiger partial charge in [-0.1, -0.05) is 44.2 Å². The minimum absolute atomic E-state index is 0.251. The summed E-state index contributed by atoms with van der Waals surface area (Å²) in [4.78, 5) is 0. The molecule has 1 atom stereocenters. The zero-order chi connectivity index (χ0) is 13.7. The highest BCUT2D eigenvalue weighted by atomic mass is 15.3. The Kier molecular flexibility index (Phi) is 4.74. The minimum atomic E-state index is 0.251. The first-order valence-electron chi connectivity index (χ1n) is 7.12. The van der Waals surface area contributed by atoms with Crippen LogP contribution in [0.4, 0.5) is 0 Å². The average molecular weight is 257 g/mol. The van der Waals surface area contributed by atoms with Gasteiger partial charge in [-0.15, -0.1) is 0 Å². The molecule has 1 aromatic carbocycles. The molecule has 2 N–H and O–H groups in total. The molecule has 0 aliphatic carbocycles. The Morgan fingerprint density at radius 3 is 2.47 bits per heavy atom. The van der Waals surface area contributed by atoms with Gasteiger partial charge in [0, 0.05) is 5.69 Å². The summed E-state index contributed by atoms with van der Waals surface area (Å²) in [5, 5.41) is 4.76. The normalized spacial score (nSPS) is 12.6. The Bertz CT molecular complexity index is 502. The van der Waals surface area contributed by atoms with E-state index in [1.165, 1.54) is 11.3 Å². The Morgan fingerprint density at radius 1 is 1.16 bits per heavy atom. The van der Waals surface area contributed by atoms with Gasteiger partial charge in [-0.25, -0.2) is 0 Å². The van der Waals surface area contributed by atoms with Crippen molar-refractivity contribution in [3.8, 4) is 0 Å². The van der Waals surface area contributed by atoms with Crippen LogP contribution in [0, 0.1) is 0 Å². The highest BCUT2D eigenvalue weighted by molar-refractivity contribution is 5.22. The van der Waals surface area contributed by atoms with Gasteiger partial charge in [0.2, 0.25) is 0 Å². The largest absolute Gasteiger partial charge is 0.330 e. The van der Waals surface area contributed by atoms with Crippen LogP contribution in [0.1, 0.15) is 43.3 Å². The fourth-order valence-corrected chi connectivity index (χ4v) is 2.46. The lowest BCUT2D eigenvalue weighted by Crippen LogP contribution is -2.18. The monoisotopic (exact) mass is 257 g/mol. The molecule has 0 saturated heterocycles. The van der Waals surface area contributed by atoms with E-state index in [2.05, 4.69) is 48.9 Å². The third kappa shape index (κ3) is 3.04. The van der Waals surface area contributed by atoms with Gasteiger partial charge in [0.05, 0.1) is 11.7 Å². The van der Waals surface area contributed by atoms with E-state index >= 15 is 0 Å². The quantitative estimate of drug-likeness (QED) is 0.864. The van der Waals surface area contributed by atoms with Crippen LogP contribution < -0.4 is 5.73 Å². The van der Waals surface area contributed by atoms with Crippen LogP contribution in [0.3, 0.4) is 0 Å². The van der Waals surface area contributed by atoms with Crippen molar-refractivity contribution in [3.63, 3.8) is 0 Å². The number of benzene rings is 1. The van der Waals surface area contributed by atoms with Gasteiger partial charge in [-0.3, -0.25) is 4.68 Å². The molecular formula is C16H23N3. The summed E-state index contributed by atoms with van der Waals surface area (Å²) >= 11 is 0. The van der Waals surface area contributed by atoms with E-state index in [0.717, 1.165) is 25.0 Å². The van der Waals surface area contributed by atoms with Crippen molar-refractivity contribution in [1.82, 2.24) is 9.78 Å². The topological polar surface area (TPSA) is 43.8 Å². The standard InChI is InChI=1S/C16H23N3/c1-3-14-12-15(4-2)19(18-14)16(10-11-17)13-8-6-5-7-9-13/h5-9,12,16H,3-4,10-11,17H2,1-2H3. The molecule has 2 aromatic rings. The van der Waals surface area contributed by atoms with Crippen LogP contribution in [0.25, 0.3) is 0 Å². The van der Waals surface area contributed by atoms with Crippen molar-refractivity contribution in [2.75, 3.05) is 6.54 Å². The summed E-state index contributed by atoms with van der Waals surface area (Å²) in [6.45, 7) is 4.99. The first-order chi connectivity index (χ1) is 9.30. The number of rotatable bonds is 6. The van der Waals surface area contributed by atoms with Crippen LogP contribution in [-0.2, 0) is 12.8 Å². The molecule has 0 bridgehead atoms. The molecule has 1 heterocycles. The summed E-state index contributed by atoms with van der Waals surface area (Å²) < 4.78 is 2.17. The van der Waals surface area contributed by atoms with Gasteiger partial charge in [0.1, 0.15) is 0 Å². The van der Waals surface area contributed by atoms with Crippen LogP contribution in [0.15, 0.2) is 36.4 Å². The number of hydrogen-bond acceptors (Lipinski definition) is 2. The second-order valence-electron chi connectivity index (χ2n) is 4.78. The molecule has 0 aliphatic heterocycles. The van der Waals surface area contributed by atoms with E-state index < -0.39 is 0 Å². The predicted molar refractivity (Wildman–Crippen MR) is 79.2 cm³/mol. The van der Waals surface area contributed by atoms with Gasteiger partial charge in [-0.2, -0.15) is 5.10 Å². The number of nitrogens with two attached hydrogens (primary N) is 1. The van der Waals surface area contributed by atoms with E-state index in [0.29, 0.717) is 6.54 Å². The second kappa shape index (κ2) is 6.53. The summed E-state index contributed by atoms with van der Waals surface area (Å²) in [5.41, 5.74) is 9.53. The summed E-state index contributed by atoms with van der Waals surface area (Å²) in [6, 6.07) is 13.0. The Labute approximate surface area is 115 Å². The zero-order valence-corrected chi connectivity index (χ0v) is 11.8. The summed E-state index contributed by atoms with van der Waals surface area (Å²) in [7, 11) is 0. The van der Waals surface area contributed by atoms with Gasteiger partial charge >= 0.3 is 0 Å². The van der Waals surface area contributed by atoms with Crippen molar-refractivity contribution in [1.29, 1.82) is 0 Å². The van der Waals surface area contributed by atoms with Crippen LogP contribution in [-0.4, -0.2) is 16.3 Å². The molecule has 3 heteroatoms. The Hall–Kier alpha value is -1.61. The number of aromatic nitrogens is 2. The van der Waals surface area contributed by atoms with Crippen LogP contribution in [0.2, 0.25) is 0 Å². The van der Waals surface area contributed by atoms with E-state index in [1.807, 2.05) is 6.07 Å². The maximum Gasteiger partial charge on any atom is 0.0783 e. The highest BCUT2D eigenvalue weighted by Gasteiger charge is 2.17. The predicted octanol–water partition coefficient (Wildman–Crippen LogP) is 2.95. The molecule has 0 fully saturated rings. The molecular weight excluding hydrogens is 234 g/mol. The molecule has 1 unspecified atom stereocenters. The van der Waals surface area contributed by atoms with Gasteiger partial charge in [0.15, 0.2) is 0 Å². The molecule has 2 rings (SSSR count). The lowest BCUT2D eigenvalue weighted by atomic mass is 10.0. The number of nitrogens with zero attached hydrogens (tertiary/aromatic N) is 2. The lowest BCUT2D eigenvalue weighted by Gasteiger charge is -2.19. The maximum atomic E-state index is 5.79. The molecule has 0 saturated carbocycles. The van der Waals surface area contributed by atoms with Crippen molar-refractivity contribution >= 4 is 0 Å². The molecule has 102 valence electrons. The van der Waals surface area contributed by atoms with Gasteiger partial charge < -0.3 is 5.73 Å². The van der Waals surface area contributed by atoms with Crippen molar-refractivity contribution < 1.29 is 0 Å². The highest BCUT2D eigenvalue weighted by Crippen LogP contribution is 2.23. The SMILES string of the molecule is CCc1cc(CC)n(C(CCN)c2ccccc2)n1. The number of hydrogen-bond donors (Lipinski definition) is 1. The van der Waals surface area contributed by atoms with Crippen LogP contribution in [0.5, 0.6) is 0 Å².